The van der Waals surface area contributed by atoms with Crippen LogP contribution in [0.3, 0.4) is 0 Å². The zero-order valence-corrected chi connectivity index (χ0v) is 19.1. The van der Waals surface area contributed by atoms with E-state index in [0.717, 1.165) is 20.2 Å². The third kappa shape index (κ3) is 4.75. The number of nitrogens with zero attached hydrogens (tertiary/aromatic N) is 2. The topological polar surface area (TPSA) is 99.0 Å². The lowest BCUT2D eigenvalue weighted by atomic mass is 10.1. The van der Waals surface area contributed by atoms with Gasteiger partial charge in [0.15, 0.2) is 11.5 Å². The molecule has 30 heavy (non-hydrogen) atoms. The van der Waals surface area contributed by atoms with E-state index in [9.17, 15) is 19.7 Å². The number of nitro groups is 1. The summed E-state index contributed by atoms with van der Waals surface area (Å²) in [5.41, 5.74) is 1.29. The lowest BCUT2D eigenvalue weighted by Crippen LogP contribution is -2.27. The summed E-state index contributed by atoms with van der Waals surface area (Å²) in [6.45, 7) is 2.37. The van der Waals surface area contributed by atoms with Crippen molar-refractivity contribution in [3.05, 3.63) is 66.1 Å². The Hall–Kier alpha value is -2.60. The van der Waals surface area contributed by atoms with Gasteiger partial charge in [-0.2, -0.15) is 0 Å². The number of hydrogen-bond acceptors (Lipinski definition) is 7. The molecule has 0 saturated carbocycles. The number of non-ortho nitro benzene ring substituents is 1. The van der Waals surface area contributed by atoms with Gasteiger partial charge in [0, 0.05) is 12.1 Å². The van der Waals surface area contributed by atoms with Crippen molar-refractivity contribution < 1.29 is 24.0 Å². The van der Waals surface area contributed by atoms with Gasteiger partial charge in [0.2, 0.25) is 0 Å². The van der Waals surface area contributed by atoms with Crippen LogP contribution >= 0.6 is 34.4 Å². The zero-order valence-electron chi connectivity index (χ0n) is 16.1. The highest BCUT2D eigenvalue weighted by atomic mass is 127. The highest BCUT2D eigenvalue weighted by Crippen LogP contribution is 2.37. The molecule has 1 saturated heterocycles. The maximum Gasteiger partial charge on any atom is 0.293 e. The van der Waals surface area contributed by atoms with Crippen LogP contribution in [-0.2, 0) is 11.3 Å². The number of carbonyl (C=O) groups excluding carboxylic acids is 2. The van der Waals surface area contributed by atoms with Crippen molar-refractivity contribution in [2.45, 2.75) is 13.5 Å². The lowest BCUT2D eigenvalue weighted by Gasteiger charge is -2.13. The lowest BCUT2D eigenvalue weighted by molar-refractivity contribution is -0.384. The molecule has 10 heteroatoms. The molecule has 156 valence electrons. The highest BCUT2D eigenvalue weighted by molar-refractivity contribution is 14.1. The monoisotopic (exact) mass is 540 g/mol. The number of amides is 2. The number of hydrogen-bond donors (Lipinski definition) is 0. The standard InChI is InChI=1S/C20H17IN2O6S/c1-3-29-16-9-13(8-15(21)18(16)28-2)10-17-19(24)22(20(25)30-17)11-12-4-6-14(7-5-12)23(26)27/h4-10H,3,11H2,1-2H3/b17-10-. The number of rotatable bonds is 7. The highest BCUT2D eigenvalue weighted by Gasteiger charge is 2.35. The van der Waals surface area contributed by atoms with Crippen LogP contribution in [0.5, 0.6) is 11.5 Å². The Balaban J connectivity index is 1.83. The van der Waals surface area contributed by atoms with Crippen molar-refractivity contribution in [2.24, 2.45) is 0 Å². The minimum atomic E-state index is -0.501. The molecular weight excluding hydrogens is 523 g/mol. The molecule has 1 fully saturated rings. The molecule has 0 atom stereocenters. The molecule has 8 nitrogen and oxygen atoms in total. The Bertz CT molecular complexity index is 1040. The number of imide groups is 1. The van der Waals surface area contributed by atoms with E-state index in [-0.39, 0.29) is 12.2 Å². The van der Waals surface area contributed by atoms with Crippen LogP contribution in [0.1, 0.15) is 18.1 Å². The molecule has 1 aliphatic rings. The zero-order chi connectivity index (χ0) is 21.8. The first-order valence-corrected chi connectivity index (χ1v) is 10.7. The predicted octanol–water partition coefficient (Wildman–Crippen LogP) is 4.84. The van der Waals surface area contributed by atoms with Crippen molar-refractivity contribution in [3.63, 3.8) is 0 Å². The largest absolute Gasteiger partial charge is 0.492 e. The molecule has 2 amide bonds. The third-order valence-electron chi connectivity index (χ3n) is 4.20. The Morgan fingerprint density at radius 2 is 1.93 bits per heavy atom. The number of thioether (sulfide) groups is 1. The van der Waals surface area contributed by atoms with E-state index in [1.165, 1.54) is 24.3 Å². The summed E-state index contributed by atoms with van der Waals surface area (Å²) in [5, 5.41) is 10.4. The Labute approximate surface area is 190 Å². The summed E-state index contributed by atoms with van der Waals surface area (Å²) in [5.74, 6) is 0.760. The van der Waals surface area contributed by atoms with Crippen molar-refractivity contribution >= 4 is 57.3 Å². The van der Waals surface area contributed by atoms with Crippen molar-refractivity contribution in [1.29, 1.82) is 0 Å². The van der Waals surface area contributed by atoms with Gasteiger partial charge in [-0.1, -0.05) is 12.1 Å². The van der Waals surface area contributed by atoms with Crippen LogP contribution < -0.4 is 9.47 Å². The molecule has 0 aliphatic carbocycles. The van der Waals surface area contributed by atoms with Gasteiger partial charge in [-0.3, -0.25) is 24.6 Å². The van der Waals surface area contributed by atoms with E-state index in [1.807, 2.05) is 13.0 Å². The summed E-state index contributed by atoms with van der Waals surface area (Å²) < 4.78 is 11.8. The van der Waals surface area contributed by atoms with E-state index in [1.54, 1.807) is 19.3 Å². The molecule has 1 heterocycles. The molecule has 0 spiro atoms. The first-order valence-electron chi connectivity index (χ1n) is 8.83. The molecule has 0 radical (unpaired) electrons. The summed E-state index contributed by atoms with van der Waals surface area (Å²) in [6, 6.07) is 9.36. The fraction of sp³-hybridized carbons (Fsp3) is 0.200. The molecule has 0 unspecified atom stereocenters. The summed E-state index contributed by atoms with van der Waals surface area (Å²) >= 11 is 2.98. The Morgan fingerprint density at radius 3 is 2.53 bits per heavy atom. The molecule has 1 aliphatic heterocycles. The molecule has 0 N–H and O–H groups in total. The van der Waals surface area contributed by atoms with Crippen molar-refractivity contribution in [2.75, 3.05) is 13.7 Å². The van der Waals surface area contributed by atoms with Crippen LogP contribution in [0.15, 0.2) is 41.3 Å². The summed E-state index contributed by atoms with van der Waals surface area (Å²) in [7, 11) is 1.56. The van der Waals surface area contributed by atoms with E-state index < -0.39 is 16.1 Å². The van der Waals surface area contributed by atoms with E-state index in [4.69, 9.17) is 9.47 Å². The van der Waals surface area contributed by atoms with Crippen LogP contribution in [0.25, 0.3) is 6.08 Å². The fourth-order valence-electron chi connectivity index (χ4n) is 2.83. The normalized spacial score (nSPS) is 15.0. The van der Waals surface area contributed by atoms with E-state index in [2.05, 4.69) is 22.6 Å². The summed E-state index contributed by atoms with van der Waals surface area (Å²) in [6.07, 6.45) is 1.64. The predicted molar refractivity (Wildman–Crippen MR) is 121 cm³/mol. The minimum absolute atomic E-state index is 0.0460. The van der Waals surface area contributed by atoms with E-state index >= 15 is 0 Å². The van der Waals surface area contributed by atoms with Gasteiger partial charge in [-0.05, 0) is 70.6 Å². The van der Waals surface area contributed by atoms with Gasteiger partial charge >= 0.3 is 0 Å². The number of methoxy groups -OCH3 is 1. The number of halogens is 1. The van der Waals surface area contributed by atoms with Crippen molar-refractivity contribution in [1.82, 2.24) is 4.90 Å². The minimum Gasteiger partial charge on any atom is -0.492 e. The summed E-state index contributed by atoms with van der Waals surface area (Å²) in [4.78, 5) is 36.8. The number of carbonyl (C=O) groups is 2. The quantitative estimate of drug-likeness (QED) is 0.215. The van der Waals surface area contributed by atoms with Gasteiger partial charge in [-0.15, -0.1) is 0 Å². The second kappa shape index (κ2) is 9.47. The molecule has 2 aromatic carbocycles. The maximum absolute atomic E-state index is 12.8. The van der Waals surface area contributed by atoms with Gasteiger partial charge in [0.25, 0.3) is 16.8 Å². The SMILES string of the molecule is CCOc1cc(/C=C2\SC(=O)N(Cc3ccc([N+](=O)[O-])cc3)C2=O)cc(I)c1OC. The molecule has 0 bridgehead atoms. The second-order valence-corrected chi connectivity index (χ2v) is 8.31. The average molecular weight is 540 g/mol. The molecular formula is C20H17IN2O6S. The first-order chi connectivity index (χ1) is 14.3. The van der Waals surface area contributed by atoms with Gasteiger partial charge in [-0.25, -0.2) is 0 Å². The van der Waals surface area contributed by atoms with E-state index in [0.29, 0.717) is 34.1 Å². The van der Waals surface area contributed by atoms with Crippen LogP contribution in [0.4, 0.5) is 10.5 Å². The number of ether oxygens (including phenoxy) is 2. The fourth-order valence-corrected chi connectivity index (χ4v) is 4.51. The smallest absolute Gasteiger partial charge is 0.293 e. The van der Waals surface area contributed by atoms with Crippen LogP contribution in [0, 0.1) is 13.7 Å². The van der Waals surface area contributed by atoms with Crippen LogP contribution in [0.2, 0.25) is 0 Å². The average Bonchev–Trinajstić information content (AvgIpc) is 2.96. The molecule has 2 aromatic rings. The van der Waals surface area contributed by atoms with Gasteiger partial charge < -0.3 is 9.47 Å². The van der Waals surface area contributed by atoms with Gasteiger partial charge in [0.05, 0.1) is 33.7 Å². The third-order valence-corrected chi connectivity index (χ3v) is 5.90. The molecule has 3 rings (SSSR count). The second-order valence-electron chi connectivity index (χ2n) is 6.16. The number of benzene rings is 2. The van der Waals surface area contributed by atoms with Crippen molar-refractivity contribution in [3.8, 4) is 11.5 Å². The molecule has 0 aromatic heterocycles. The van der Waals surface area contributed by atoms with Gasteiger partial charge in [0.1, 0.15) is 0 Å². The first kappa shape index (κ1) is 22.1. The Morgan fingerprint density at radius 1 is 1.23 bits per heavy atom. The number of nitro benzene ring substituents is 1. The Kier molecular flexibility index (Phi) is 6.98. The van der Waals surface area contributed by atoms with Crippen LogP contribution in [-0.4, -0.2) is 34.7 Å². The maximum atomic E-state index is 12.8.